The van der Waals surface area contributed by atoms with Crippen molar-refractivity contribution in [2.24, 2.45) is 14.1 Å². The van der Waals surface area contributed by atoms with Gasteiger partial charge in [-0.15, -0.1) is 0 Å². The number of nitrogens with zero attached hydrogens (tertiary/aromatic N) is 2. The second-order valence-electron chi connectivity index (χ2n) is 6.22. The zero-order valence-corrected chi connectivity index (χ0v) is 13.5. The molecule has 1 aromatic heterocycles. The summed E-state index contributed by atoms with van der Waals surface area (Å²) in [5, 5.41) is 5.88. The highest BCUT2D eigenvalue weighted by Gasteiger charge is 2.19. The summed E-state index contributed by atoms with van der Waals surface area (Å²) in [5.74, 6) is -0.128. The molecule has 21 heavy (non-hydrogen) atoms. The third-order valence-corrected chi connectivity index (χ3v) is 3.11. The first-order valence-electron chi connectivity index (χ1n) is 6.84. The molecule has 0 radical (unpaired) electrons. The lowest BCUT2D eigenvalue weighted by Crippen LogP contribution is -2.49. The van der Waals surface area contributed by atoms with Gasteiger partial charge in [0.1, 0.15) is 0 Å². The van der Waals surface area contributed by atoms with Gasteiger partial charge in [-0.3, -0.25) is 18.7 Å². The van der Waals surface area contributed by atoms with Crippen LogP contribution >= 0.6 is 0 Å². The fourth-order valence-corrected chi connectivity index (χ4v) is 1.78. The molecule has 1 amide bonds. The Bertz CT molecular complexity index is 637. The van der Waals surface area contributed by atoms with Crippen molar-refractivity contribution in [1.82, 2.24) is 19.8 Å². The smallest absolute Gasteiger partial charge is 0.330 e. The third kappa shape index (κ3) is 4.56. The zero-order chi connectivity index (χ0) is 16.4. The monoisotopic (exact) mass is 296 g/mol. The number of rotatable bonds is 4. The number of carbonyl (C=O) groups is 1. The summed E-state index contributed by atoms with van der Waals surface area (Å²) in [4.78, 5) is 35.4. The van der Waals surface area contributed by atoms with Gasteiger partial charge in [-0.25, -0.2) is 4.79 Å². The second kappa shape index (κ2) is 6.26. The normalized spacial score (nSPS) is 13.0. The number of hydrogen-bond acceptors (Lipinski definition) is 4. The summed E-state index contributed by atoms with van der Waals surface area (Å²) < 4.78 is 2.43. The topological polar surface area (TPSA) is 85.1 Å². The Hall–Kier alpha value is -1.89. The maximum Gasteiger partial charge on any atom is 0.330 e. The molecule has 7 heteroatoms. The van der Waals surface area contributed by atoms with Crippen molar-refractivity contribution < 1.29 is 4.79 Å². The lowest BCUT2D eigenvalue weighted by molar-refractivity contribution is -0.124. The first-order chi connectivity index (χ1) is 9.53. The van der Waals surface area contributed by atoms with Gasteiger partial charge in [0, 0.05) is 37.9 Å². The van der Waals surface area contributed by atoms with Gasteiger partial charge in [0.25, 0.3) is 5.56 Å². The molecule has 0 aliphatic heterocycles. The van der Waals surface area contributed by atoms with Crippen LogP contribution in [0.2, 0.25) is 0 Å². The van der Waals surface area contributed by atoms with Gasteiger partial charge in [-0.1, -0.05) is 0 Å². The van der Waals surface area contributed by atoms with E-state index < -0.39 is 6.04 Å². The summed E-state index contributed by atoms with van der Waals surface area (Å²) >= 11 is 0. The Kier molecular flexibility index (Phi) is 5.11. The Labute approximate surface area is 124 Å². The Morgan fingerprint density at radius 3 is 2.33 bits per heavy atom. The lowest BCUT2D eigenvalue weighted by atomic mass is 10.1. The molecule has 7 nitrogen and oxygen atoms in total. The molecule has 0 spiro atoms. The quantitative estimate of drug-likeness (QED) is 0.783. The van der Waals surface area contributed by atoms with Crippen molar-refractivity contribution in [2.75, 3.05) is 0 Å². The standard InChI is InChI=1S/C14H24N4O3/c1-9(12(20)16-14(2,3)4)15-8-10-7-11(19)18(6)13(21)17(10)5/h7,9,15H,8H2,1-6H3,(H,16,20). The molecule has 0 aliphatic rings. The minimum absolute atomic E-state index is 0.128. The molecule has 0 fully saturated rings. The van der Waals surface area contributed by atoms with Crippen LogP contribution in [-0.4, -0.2) is 26.6 Å². The maximum absolute atomic E-state index is 11.9. The third-order valence-electron chi connectivity index (χ3n) is 3.11. The molecule has 1 unspecified atom stereocenters. The average molecular weight is 296 g/mol. The molecule has 0 aromatic carbocycles. The van der Waals surface area contributed by atoms with Crippen LogP contribution in [-0.2, 0) is 25.4 Å². The van der Waals surface area contributed by atoms with Crippen LogP contribution in [0.5, 0.6) is 0 Å². The highest BCUT2D eigenvalue weighted by Crippen LogP contribution is 2.00. The molecule has 0 bridgehead atoms. The van der Waals surface area contributed by atoms with E-state index in [1.807, 2.05) is 20.8 Å². The maximum atomic E-state index is 11.9. The first-order valence-corrected chi connectivity index (χ1v) is 6.84. The summed E-state index contributed by atoms with van der Waals surface area (Å²) in [6.45, 7) is 7.72. The van der Waals surface area contributed by atoms with Crippen LogP contribution in [0, 0.1) is 0 Å². The van der Waals surface area contributed by atoms with Crippen molar-refractivity contribution in [3.8, 4) is 0 Å². The van der Waals surface area contributed by atoms with Gasteiger partial charge in [-0.05, 0) is 27.7 Å². The van der Waals surface area contributed by atoms with E-state index in [4.69, 9.17) is 0 Å². The molecule has 2 N–H and O–H groups in total. The number of nitrogens with one attached hydrogen (secondary N) is 2. The summed E-state index contributed by atoms with van der Waals surface area (Å²) in [7, 11) is 3.03. The van der Waals surface area contributed by atoms with Crippen LogP contribution in [0.3, 0.4) is 0 Å². The predicted molar refractivity (Wildman–Crippen MR) is 81.1 cm³/mol. The van der Waals surface area contributed by atoms with E-state index >= 15 is 0 Å². The van der Waals surface area contributed by atoms with Gasteiger partial charge in [0.15, 0.2) is 0 Å². The molecule has 0 saturated heterocycles. The van der Waals surface area contributed by atoms with Crippen molar-refractivity contribution in [3.05, 3.63) is 32.6 Å². The van der Waals surface area contributed by atoms with Crippen molar-refractivity contribution in [3.63, 3.8) is 0 Å². The minimum Gasteiger partial charge on any atom is -0.350 e. The number of carbonyl (C=O) groups excluding carboxylic acids is 1. The van der Waals surface area contributed by atoms with Crippen molar-refractivity contribution in [2.45, 2.75) is 45.8 Å². The van der Waals surface area contributed by atoms with Crippen LogP contribution in [0.15, 0.2) is 15.7 Å². The fraction of sp³-hybridized carbons (Fsp3) is 0.643. The molecule has 1 aromatic rings. The largest absolute Gasteiger partial charge is 0.350 e. The number of aromatic nitrogens is 2. The van der Waals surface area contributed by atoms with Crippen LogP contribution < -0.4 is 21.9 Å². The van der Waals surface area contributed by atoms with E-state index in [0.29, 0.717) is 5.69 Å². The predicted octanol–water partition coefficient (Wildman–Crippen LogP) is -0.523. The van der Waals surface area contributed by atoms with Crippen LogP contribution in [0.4, 0.5) is 0 Å². The van der Waals surface area contributed by atoms with Crippen molar-refractivity contribution >= 4 is 5.91 Å². The average Bonchev–Trinajstić information content (AvgIpc) is 2.36. The number of amides is 1. The van der Waals surface area contributed by atoms with Crippen LogP contribution in [0.1, 0.15) is 33.4 Å². The van der Waals surface area contributed by atoms with Crippen LogP contribution in [0.25, 0.3) is 0 Å². The molecule has 1 atom stereocenters. The summed E-state index contributed by atoms with van der Waals surface area (Å²) in [5.41, 5.74) is -0.506. The van der Waals surface area contributed by atoms with E-state index in [9.17, 15) is 14.4 Å². The van der Waals surface area contributed by atoms with Gasteiger partial charge < -0.3 is 10.6 Å². The molecule has 1 heterocycles. The van der Waals surface area contributed by atoms with E-state index in [-0.39, 0.29) is 29.2 Å². The number of hydrogen-bond donors (Lipinski definition) is 2. The molecule has 1 rings (SSSR count). The lowest BCUT2D eigenvalue weighted by Gasteiger charge is -2.24. The summed E-state index contributed by atoms with van der Waals surface area (Å²) in [6.07, 6.45) is 0. The molecule has 118 valence electrons. The van der Waals surface area contributed by atoms with Gasteiger partial charge in [0.2, 0.25) is 5.91 Å². The SMILES string of the molecule is CC(NCc1cc(=O)n(C)c(=O)n1C)C(=O)NC(C)(C)C. The van der Waals surface area contributed by atoms with Gasteiger partial charge in [-0.2, -0.15) is 0 Å². The Balaban J connectivity index is 2.79. The van der Waals surface area contributed by atoms with Crippen molar-refractivity contribution in [1.29, 1.82) is 0 Å². The second-order valence-corrected chi connectivity index (χ2v) is 6.22. The van der Waals surface area contributed by atoms with Gasteiger partial charge in [0.05, 0.1) is 6.04 Å². The summed E-state index contributed by atoms with van der Waals surface area (Å²) in [6, 6.07) is 0.964. The molecule has 0 aliphatic carbocycles. The van der Waals surface area contributed by atoms with E-state index in [0.717, 1.165) is 4.57 Å². The Morgan fingerprint density at radius 2 is 1.81 bits per heavy atom. The highest BCUT2D eigenvalue weighted by atomic mass is 16.2. The Morgan fingerprint density at radius 1 is 1.24 bits per heavy atom. The van der Waals surface area contributed by atoms with E-state index in [1.165, 1.54) is 17.7 Å². The van der Waals surface area contributed by atoms with E-state index in [1.54, 1.807) is 14.0 Å². The molecular weight excluding hydrogens is 272 g/mol. The first kappa shape index (κ1) is 17.2. The highest BCUT2D eigenvalue weighted by molar-refractivity contribution is 5.81. The minimum atomic E-state index is -0.427. The van der Waals surface area contributed by atoms with Gasteiger partial charge >= 0.3 is 5.69 Å². The van der Waals surface area contributed by atoms with E-state index in [2.05, 4.69) is 10.6 Å². The zero-order valence-electron chi connectivity index (χ0n) is 13.5. The molecule has 0 saturated carbocycles. The fourth-order valence-electron chi connectivity index (χ4n) is 1.78. The molecular formula is C14H24N4O3.